The molecule has 102 valence electrons. The summed E-state index contributed by atoms with van der Waals surface area (Å²) in [6.07, 6.45) is 0. The molecule has 2 heterocycles. The lowest BCUT2D eigenvalue weighted by Crippen LogP contribution is -2.71. The minimum atomic E-state index is -0.214. The van der Waals surface area contributed by atoms with E-state index in [1.807, 2.05) is 29.2 Å². The van der Waals surface area contributed by atoms with Crippen molar-refractivity contribution < 1.29 is 9.53 Å². The largest absolute Gasteiger partial charge is 0.492 e. The molecule has 0 aromatic heterocycles. The Hall–Kier alpha value is -1.55. The van der Waals surface area contributed by atoms with Gasteiger partial charge in [0, 0.05) is 18.7 Å². The van der Waals surface area contributed by atoms with Gasteiger partial charge in [-0.2, -0.15) is 0 Å². The van der Waals surface area contributed by atoms with Crippen molar-refractivity contribution >= 4 is 5.91 Å². The molecule has 1 atom stereocenters. The van der Waals surface area contributed by atoms with Crippen molar-refractivity contribution in [3.63, 3.8) is 0 Å². The smallest absolute Gasteiger partial charge is 0.233 e. The zero-order chi connectivity index (χ0) is 13.6. The van der Waals surface area contributed by atoms with Crippen molar-refractivity contribution in [3.05, 3.63) is 29.8 Å². The molecule has 0 spiro atoms. The first-order chi connectivity index (χ1) is 9.01. The van der Waals surface area contributed by atoms with Gasteiger partial charge in [0.25, 0.3) is 0 Å². The van der Waals surface area contributed by atoms with Gasteiger partial charge in [0.15, 0.2) is 0 Å². The predicted molar refractivity (Wildman–Crippen MR) is 73.0 cm³/mol. The number of carbonyl (C=O) groups is 1. The number of para-hydroxylation sites is 1. The highest BCUT2D eigenvalue weighted by atomic mass is 16.5. The van der Waals surface area contributed by atoms with Gasteiger partial charge in [0.2, 0.25) is 5.91 Å². The van der Waals surface area contributed by atoms with Crippen molar-refractivity contribution in [3.8, 4) is 5.75 Å². The molecule has 4 heteroatoms. The van der Waals surface area contributed by atoms with Crippen LogP contribution >= 0.6 is 0 Å². The summed E-state index contributed by atoms with van der Waals surface area (Å²) in [4.78, 5) is 14.3. The molecule has 1 unspecified atom stereocenters. The molecule has 1 saturated heterocycles. The van der Waals surface area contributed by atoms with E-state index in [0.717, 1.165) is 11.3 Å². The van der Waals surface area contributed by atoms with Crippen molar-refractivity contribution in [1.82, 2.24) is 4.90 Å². The Morgan fingerprint density at radius 3 is 2.79 bits per heavy atom. The number of likely N-dealkylation sites (tertiary alicyclic amines) is 1. The zero-order valence-corrected chi connectivity index (χ0v) is 11.4. The maximum atomic E-state index is 12.5. The van der Waals surface area contributed by atoms with Crippen LogP contribution in [0.25, 0.3) is 0 Å². The van der Waals surface area contributed by atoms with Gasteiger partial charge in [-0.15, -0.1) is 0 Å². The number of carbonyl (C=O) groups excluding carboxylic acids is 1. The van der Waals surface area contributed by atoms with E-state index < -0.39 is 0 Å². The van der Waals surface area contributed by atoms with Crippen LogP contribution in [0, 0.1) is 5.92 Å². The number of nitrogens with two attached hydrogens (primary N) is 1. The second-order valence-corrected chi connectivity index (χ2v) is 5.98. The third-order valence-electron chi connectivity index (χ3n) is 4.43. The Balaban J connectivity index is 1.71. The monoisotopic (exact) mass is 260 g/mol. The van der Waals surface area contributed by atoms with Crippen LogP contribution in [0.4, 0.5) is 0 Å². The van der Waals surface area contributed by atoms with Gasteiger partial charge in [0.1, 0.15) is 18.3 Å². The molecule has 2 N–H and O–H groups in total. The fraction of sp³-hybridized carbons (Fsp3) is 0.533. The number of ether oxygens (including phenoxy) is 1. The highest BCUT2D eigenvalue weighted by Gasteiger charge is 2.46. The Labute approximate surface area is 113 Å². The molecule has 1 fully saturated rings. The molecule has 1 amide bonds. The molecule has 0 bridgehead atoms. The van der Waals surface area contributed by atoms with E-state index in [1.54, 1.807) is 0 Å². The molecular formula is C15H20N2O2. The van der Waals surface area contributed by atoms with E-state index in [0.29, 0.717) is 25.6 Å². The van der Waals surface area contributed by atoms with Crippen LogP contribution < -0.4 is 10.5 Å². The van der Waals surface area contributed by atoms with Gasteiger partial charge in [-0.1, -0.05) is 32.0 Å². The van der Waals surface area contributed by atoms with Crippen LogP contribution in [0.5, 0.6) is 5.75 Å². The normalized spacial score (nSPS) is 23.8. The van der Waals surface area contributed by atoms with E-state index in [4.69, 9.17) is 10.5 Å². The molecule has 2 aliphatic heterocycles. The molecule has 0 saturated carbocycles. The summed E-state index contributed by atoms with van der Waals surface area (Å²) < 4.78 is 5.57. The summed E-state index contributed by atoms with van der Waals surface area (Å²) in [6, 6.07) is 7.77. The minimum absolute atomic E-state index is 0.145. The van der Waals surface area contributed by atoms with E-state index in [2.05, 4.69) is 13.8 Å². The minimum Gasteiger partial charge on any atom is -0.492 e. The highest BCUT2D eigenvalue weighted by molar-refractivity contribution is 5.86. The molecule has 0 radical (unpaired) electrons. The zero-order valence-electron chi connectivity index (χ0n) is 11.4. The molecular weight excluding hydrogens is 240 g/mol. The van der Waals surface area contributed by atoms with Crippen LogP contribution in [-0.2, 0) is 4.79 Å². The lowest BCUT2D eigenvalue weighted by Gasteiger charge is -2.51. The topological polar surface area (TPSA) is 55.6 Å². The van der Waals surface area contributed by atoms with Crippen molar-refractivity contribution in [2.75, 3.05) is 19.7 Å². The van der Waals surface area contributed by atoms with Gasteiger partial charge in [-0.3, -0.25) is 4.79 Å². The van der Waals surface area contributed by atoms with Crippen molar-refractivity contribution in [2.24, 2.45) is 11.7 Å². The fourth-order valence-corrected chi connectivity index (χ4v) is 2.77. The molecule has 1 aromatic rings. The third kappa shape index (κ3) is 1.91. The lowest BCUT2D eigenvalue weighted by atomic mass is 9.79. The predicted octanol–water partition coefficient (Wildman–Crippen LogP) is 1.36. The molecule has 1 aromatic carbocycles. The number of benzene rings is 1. The Kier molecular flexibility index (Phi) is 2.78. The fourth-order valence-electron chi connectivity index (χ4n) is 2.77. The first-order valence-electron chi connectivity index (χ1n) is 6.81. The van der Waals surface area contributed by atoms with Crippen molar-refractivity contribution in [1.29, 1.82) is 0 Å². The van der Waals surface area contributed by atoms with Crippen LogP contribution in [0.1, 0.15) is 25.3 Å². The van der Waals surface area contributed by atoms with Crippen molar-refractivity contribution in [2.45, 2.75) is 25.3 Å². The van der Waals surface area contributed by atoms with E-state index in [9.17, 15) is 4.79 Å². The quantitative estimate of drug-likeness (QED) is 0.873. The summed E-state index contributed by atoms with van der Waals surface area (Å²) in [7, 11) is 0. The Bertz CT molecular complexity index is 507. The third-order valence-corrected chi connectivity index (χ3v) is 4.43. The number of rotatable bonds is 2. The van der Waals surface area contributed by atoms with Gasteiger partial charge in [-0.05, 0) is 12.0 Å². The van der Waals surface area contributed by atoms with Crippen LogP contribution in [0.15, 0.2) is 24.3 Å². The first-order valence-corrected chi connectivity index (χ1v) is 6.81. The summed E-state index contributed by atoms with van der Waals surface area (Å²) in [5.41, 5.74) is 7.03. The van der Waals surface area contributed by atoms with Crippen LogP contribution in [0.2, 0.25) is 0 Å². The molecule has 4 nitrogen and oxygen atoms in total. The number of fused-ring (bicyclic) bond motifs is 1. The number of amides is 1. The molecule has 19 heavy (non-hydrogen) atoms. The van der Waals surface area contributed by atoms with Gasteiger partial charge < -0.3 is 15.4 Å². The second-order valence-electron chi connectivity index (χ2n) is 5.98. The van der Waals surface area contributed by atoms with E-state index in [1.165, 1.54) is 0 Å². The van der Waals surface area contributed by atoms with E-state index in [-0.39, 0.29) is 17.4 Å². The summed E-state index contributed by atoms with van der Waals surface area (Å²) >= 11 is 0. The number of nitrogens with zero attached hydrogens (tertiary/aromatic N) is 1. The van der Waals surface area contributed by atoms with Gasteiger partial charge in [0.05, 0.1) is 5.54 Å². The summed E-state index contributed by atoms with van der Waals surface area (Å²) in [5, 5.41) is 0. The number of hydrogen-bond acceptors (Lipinski definition) is 3. The summed E-state index contributed by atoms with van der Waals surface area (Å²) in [6.45, 7) is 5.98. The Morgan fingerprint density at radius 1 is 1.42 bits per heavy atom. The van der Waals surface area contributed by atoms with Crippen LogP contribution in [-0.4, -0.2) is 36.0 Å². The van der Waals surface area contributed by atoms with Gasteiger partial charge >= 0.3 is 0 Å². The summed E-state index contributed by atoms with van der Waals surface area (Å²) in [5.74, 6) is 1.22. The maximum Gasteiger partial charge on any atom is 0.233 e. The SMILES string of the molecule is CC(C)C1(N)CN(C(=O)C2COc3ccccc32)C1. The molecule has 0 aliphatic carbocycles. The average Bonchev–Trinajstić information content (AvgIpc) is 2.77. The highest BCUT2D eigenvalue weighted by Crippen LogP contribution is 2.37. The lowest BCUT2D eigenvalue weighted by molar-refractivity contribution is -0.141. The number of hydrogen-bond donors (Lipinski definition) is 1. The standard InChI is InChI=1S/C15H20N2O2/c1-10(2)15(16)8-17(9-15)14(18)12-7-19-13-6-4-3-5-11(12)13/h3-6,10,12H,7-9,16H2,1-2H3. The second kappa shape index (κ2) is 4.23. The Morgan fingerprint density at radius 2 is 2.11 bits per heavy atom. The van der Waals surface area contributed by atoms with Crippen LogP contribution in [0.3, 0.4) is 0 Å². The molecule has 3 rings (SSSR count). The maximum absolute atomic E-state index is 12.5. The average molecular weight is 260 g/mol. The first kappa shape index (κ1) is 12.5. The van der Waals surface area contributed by atoms with Gasteiger partial charge in [-0.25, -0.2) is 0 Å². The van der Waals surface area contributed by atoms with E-state index >= 15 is 0 Å². The molecule has 2 aliphatic rings.